The van der Waals surface area contributed by atoms with Gasteiger partial charge in [-0.25, -0.2) is 0 Å². The van der Waals surface area contributed by atoms with Crippen LogP contribution in [0, 0.1) is 16.7 Å². The summed E-state index contributed by atoms with van der Waals surface area (Å²) in [6, 6.07) is 0. The van der Waals surface area contributed by atoms with Crippen molar-refractivity contribution >= 4 is 5.97 Å². The van der Waals surface area contributed by atoms with Crippen LogP contribution in [-0.4, -0.2) is 16.2 Å². The Morgan fingerprint density at radius 1 is 1.47 bits per heavy atom. The van der Waals surface area contributed by atoms with Crippen molar-refractivity contribution in [2.24, 2.45) is 16.7 Å². The summed E-state index contributed by atoms with van der Waals surface area (Å²) in [7, 11) is 0. The molecule has 1 aliphatic carbocycles. The molecule has 1 rings (SSSR count). The zero-order valence-corrected chi connectivity index (χ0v) is 9.61. The van der Waals surface area contributed by atoms with Crippen LogP contribution < -0.4 is 0 Å². The molecule has 0 fully saturated rings. The minimum absolute atomic E-state index is 0.215. The minimum atomic E-state index is -0.887. The molecule has 0 amide bonds. The third-order valence-electron chi connectivity index (χ3n) is 3.32. The van der Waals surface area contributed by atoms with E-state index in [-0.39, 0.29) is 11.7 Å². The Morgan fingerprint density at radius 2 is 2.00 bits per heavy atom. The van der Waals surface area contributed by atoms with Crippen molar-refractivity contribution in [3.05, 3.63) is 24.0 Å². The van der Waals surface area contributed by atoms with E-state index >= 15 is 0 Å². The quantitative estimate of drug-likeness (QED) is 0.736. The number of hydrogen-bond donors (Lipinski definition) is 2. The van der Waals surface area contributed by atoms with Crippen LogP contribution in [0.4, 0.5) is 0 Å². The van der Waals surface area contributed by atoms with Gasteiger partial charge in [-0.3, -0.25) is 4.79 Å². The normalized spacial score (nSPS) is 24.8. The van der Waals surface area contributed by atoms with Crippen molar-refractivity contribution in [2.75, 3.05) is 0 Å². The van der Waals surface area contributed by atoms with Gasteiger partial charge in [-0.2, -0.15) is 0 Å². The van der Waals surface area contributed by atoms with Crippen LogP contribution in [0.15, 0.2) is 24.0 Å². The van der Waals surface area contributed by atoms with Gasteiger partial charge in [-0.15, -0.1) is 0 Å². The first-order valence-electron chi connectivity index (χ1n) is 5.02. The Kier molecular flexibility index (Phi) is 2.68. The topological polar surface area (TPSA) is 57.5 Å². The number of allylic oxidation sites excluding steroid dienone is 4. The number of carbonyl (C=O) groups is 1. The average Bonchev–Trinajstić information content (AvgIpc) is 2.09. The van der Waals surface area contributed by atoms with Gasteiger partial charge in [0.1, 0.15) is 0 Å². The molecule has 2 N–H and O–H groups in total. The number of rotatable bonds is 2. The Balaban J connectivity index is 3.13. The maximum absolute atomic E-state index is 11.2. The molecule has 0 radical (unpaired) electrons. The molecule has 0 aromatic rings. The molecule has 0 saturated carbocycles. The van der Waals surface area contributed by atoms with E-state index in [0.29, 0.717) is 0 Å². The highest BCUT2D eigenvalue weighted by atomic mass is 16.4. The van der Waals surface area contributed by atoms with Crippen LogP contribution in [0.1, 0.15) is 27.7 Å². The molecular formula is C12H18O3. The van der Waals surface area contributed by atoms with Crippen molar-refractivity contribution < 1.29 is 15.0 Å². The largest absolute Gasteiger partial charge is 0.512 e. The lowest BCUT2D eigenvalue weighted by atomic mass is 9.62. The van der Waals surface area contributed by atoms with Crippen molar-refractivity contribution in [3.63, 3.8) is 0 Å². The summed E-state index contributed by atoms with van der Waals surface area (Å²) >= 11 is 0. The van der Waals surface area contributed by atoms with Gasteiger partial charge in [0.15, 0.2) is 0 Å². The second-order valence-corrected chi connectivity index (χ2v) is 5.16. The maximum atomic E-state index is 11.2. The highest BCUT2D eigenvalue weighted by Crippen LogP contribution is 2.46. The highest BCUT2D eigenvalue weighted by molar-refractivity contribution is 5.74. The average molecular weight is 210 g/mol. The fourth-order valence-electron chi connectivity index (χ4n) is 2.15. The van der Waals surface area contributed by atoms with E-state index in [4.69, 9.17) is 0 Å². The van der Waals surface area contributed by atoms with E-state index in [1.54, 1.807) is 26.0 Å². The number of aliphatic hydroxyl groups is 1. The van der Waals surface area contributed by atoms with Gasteiger partial charge in [0.05, 0.1) is 11.2 Å². The summed E-state index contributed by atoms with van der Waals surface area (Å²) in [6.45, 7) is 7.09. The van der Waals surface area contributed by atoms with Crippen LogP contribution in [0.2, 0.25) is 0 Å². The molecule has 3 nitrogen and oxygen atoms in total. The Morgan fingerprint density at radius 3 is 2.47 bits per heavy atom. The van der Waals surface area contributed by atoms with Gasteiger partial charge in [0.2, 0.25) is 0 Å². The Labute approximate surface area is 90.1 Å². The van der Waals surface area contributed by atoms with Crippen molar-refractivity contribution in [2.45, 2.75) is 27.7 Å². The molecule has 0 bridgehead atoms. The second-order valence-electron chi connectivity index (χ2n) is 5.16. The number of carboxylic acids is 1. The zero-order valence-electron chi connectivity index (χ0n) is 9.61. The summed E-state index contributed by atoms with van der Waals surface area (Å²) in [5, 5.41) is 18.9. The van der Waals surface area contributed by atoms with E-state index in [9.17, 15) is 15.0 Å². The lowest BCUT2D eigenvalue weighted by Crippen LogP contribution is -2.42. The first-order chi connectivity index (χ1) is 6.70. The van der Waals surface area contributed by atoms with Gasteiger partial charge in [-0.1, -0.05) is 26.0 Å². The minimum Gasteiger partial charge on any atom is -0.512 e. The van der Waals surface area contributed by atoms with Crippen LogP contribution in [0.5, 0.6) is 0 Å². The fourth-order valence-corrected chi connectivity index (χ4v) is 2.15. The first kappa shape index (κ1) is 11.8. The van der Waals surface area contributed by atoms with Gasteiger partial charge < -0.3 is 10.2 Å². The van der Waals surface area contributed by atoms with Crippen molar-refractivity contribution in [1.82, 2.24) is 0 Å². The molecule has 84 valence electrons. The molecule has 1 aliphatic rings. The summed E-state index contributed by atoms with van der Waals surface area (Å²) in [6.07, 6.45) is 5.19. The molecule has 1 atom stereocenters. The predicted octanol–water partition coefficient (Wildman–Crippen LogP) is 2.75. The molecule has 0 saturated heterocycles. The molecule has 0 aromatic heterocycles. The van der Waals surface area contributed by atoms with Crippen molar-refractivity contribution in [3.8, 4) is 0 Å². The van der Waals surface area contributed by atoms with Crippen molar-refractivity contribution in [1.29, 1.82) is 0 Å². The molecule has 3 heteroatoms. The van der Waals surface area contributed by atoms with Crippen LogP contribution in [0.3, 0.4) is 0 Å². The Hall–Kier alpha value is -1.25. The van der Waals surface area contributed by atoms with E-state index in [2.05, 4.69) is 0 Å². The SMILES string of the molecule is CC(C)(C(=O)O)C1C=CC=C(O)C1(C)C. The molecule has 0 aromatic carbocycles. The third-order valence-corrected chi connectivity index (χ3v) is 3.32. The van der Waals surface area contributed by atoms with Gasteiger partial charge in [0, 0.05) is 11.3 Å². The van der Waals surface area contributed by atoms with E-state index in [0.717, 1.165) is 0 Å². The zero-order chi connectivity index (χ0) is 11.9. The molecule has 0 aliphatic heterocycles. The lowest BCUT2D eigenvalue weighted by molar-refractivity contribution is -0.151. The first-order valence-corrected chi connectivity index (χ1v) is 5.02. The van der Waals surface area contributed by atoms with Gasteiger partial charge in [-0.05, 0) is 19.9 Å². The second kappa shape index (κ2) is 3.40. The van der Waals surface area contributed by atoms with Crippen LogP contribution in [-0.2, 0) is 4.79 Å². The maximum Gasteiger partial charge on any atom is 0.309 e. The fraction of sp³-hybridized carbons (Fsp3) is 0.583. The third kappa shape index (κ3) is 1.78. The van der Waals surface area contributed by atoms with E-state index in [1.165, 1.54) is 0 Å². The lowest BCUT2D eigenvalue weighted by Gasteiger charge is -2.41. The number of aliphatic carboxylic acids is 1. The smallest absolute Gasteiger partial charge is 0.309 e. The monoisotopic (exact) mass is 210 g/mol. The standard InChI is InChI=1S/C12H18O3/c1-11(2)8(6-5-7-9(11)13)12(3,4)10(14)15/h5-8,13H,1-4H3,(H,14,15). The summed E-state index contributed by atoms with van der Waals surface area (Å²) < 4.78 is 0. The van der Waals surface area contributed by atoms with E-state index < -0.39 is 16.8 Å². The Bertz CT molecular complexity index is 327. The summed E-state index contributed by atoms with van der Waals surface area (Å²) in [4.78, 5) is 11.2. The molecular weight excluding hydrogens is 192 g/mol. The molecule has 15 heavy (non-hydrogen) atoms. The van der Waals surface area contributed by atoms with Crippen LogP contribution in [0.25, 0.3) is 0 Å². The van der Waals surface area contributed by atoms with Gasteiger partial charge >= 0.3 is 5.97 Å². The summed E-state index contributed by atoms with van der Waals surface area (Å²) in [5.41, 5.74) is -1.42. The number of hydrogen-bond acceptors (Lipinski definition) is 2. The molecule has 1 unspecified atom stereocenters. The summed E-state index contributed by atoms with van der Waals surface area (Å²) in [5.74, 6) is -0.822. The molecule has 0 spiro atoms. The predicted molar refractivity (Wildman–Crippen MR) is 58.5 cm³/mol. The van der Waals surface area contributed by atoms with Gasteiger partial charge in [0.25, 0.3) is 0 Å². The highest BCUT2D eigenvalue weighted by Gasteiger charge is 2.46. The van der Waals surface area contributed by atoms with E-state index in [1.807, 2.05) is 19.9 Å². The molecule has 0 heterocycles. The van der Waals surface area contributed by atoms with Crippen LogP contribution >= 0.6 is 0 Å². The number of aliphatic hydroxyl groups excluding tert-OH is 1. The number of carboxylic acid groups (broad SMARTS) is 1.